The molecule has 0 saturated carbocycles. The summed E-state index contributed by atoms with van der Waals surface area (Å²) in [5.74, 6) is -0.556. The van der Waals surface area contributed by atoms with Crippen LogP contribution in [0.15, 0.2) is 35.1 Å². The van der Waals surface area contributed by atoms with Crippen LogP contribution in [0.2, 0.25) is 0 Å². The fraction of sp³-hybridized carbons (Fsp3) is 0.455. The number of nitrogens with one attached hydrogen (secondary N) is 1. The first-order valence-electron chi connectivity index (χ1n) is 4.69. The molecule has 1 N–H and O–H groups in total. The van der Waals surface area contributed by atoms with Gasteiger partial charge in [-0.15, -0.1) is 0 Å². The van der Waals surface area contributed by atoms with Gasteiger partial charge in [-0.2, -0.15) is 0 Å². The molecule has 0 aromatic heterocycles. The van der Waals surface area contributed by atoms with Crippen LogP contribution < -0.4 is 4.72 Å². The number of allylic oxidation sites excluding steroid dienone is 2. The third-order valence-corrected chi connectivity index (χ3v) is 3.38. The quantitative estimate of drug-likeness (QED) is 0.775. The van der Waals surface area contributed by atoms with Crippen molar-refractivity contribution in [2.24, 2.45) is 0 Å². The Labute approximate surface area is 107 Å². The van der Waals surface area contributed by atoms with Crippen LogP contribution in [0.5, 0.6) is 0 Å². The van der Waals surface area contributed by atoms with Gasteiger partial charge in [0.2, 0.25) is 0 Å². The van der Waals surface area contributed by atoms with Gasteiger partial charge in [-0.1, -0.05) is 29.1 Å². The van der Waals surface area contributed by atoms with Crippen molar-refractivity contribution in [3.05, 3.63) is 35.1 Å². The van der Waals surface area contributed by atoms with Crippen LogP contribution in [-0.4, -0.2) is 15.5 Å². The Bertz CT molecular complexity index is 344. The zero-order valence-electron chi connectivity index (χ0n) is 9.77. The fourth-order valence-corrected chi connectivity index (χ4v) is 1.77. The minimum atomic E-state index is -1.23. The highest BCUT2D eigenvalue weighted by molar-refractivity contribution is 9.11. The van der Waals surface area contributed by atoms with E-state index in [4.69, 9.17) is 0 Å². The summed E-state index contributed by atoms with van der Waals surface area (Å²) in [4.78, 5) is 0. The summed E-state index contributed by atoms with van der Waals surface area (Å²) >= 11 is 3.11. The highest BCUT2D eigenvalue weighted by Gasteiger charge is 2.19. The fourth-order valence-electron chi connectivity index (χ4n) is 0.774. The maximum atomic E-state index is 13.0. The van der Waals surface area contributed by atoms with E-state index in [1.165, 1.54) is 6.08 Å². The van der Waals surface area contributed by atoms with Gasteiger partial charge < -0.3 is 0 Å². The summed E-state index contributed by atoms with van der Waals surface area (Å²) in [6.45, 7) is 12.5. The molecular formula is C11H17BrFNOS. The molecule has 2 nitrogen and oxygen atoms in total. The summed E-state index contributed by atoms with van der Waals surface area (Å²) in [7, 11) is -1.23. The Hall–Kier alpha value is -0.260. The molecular weight excluding hydrogens is 293 g/mol. The molecule has 0 bridgehead atoms. The van der Waals surface area contributed by atoms with Crippen molar-refractivity contribution in [1.82, 2.24) is 4.72 Å². The van der Waals surface area contributed by atoms with Crippen molar-refractivity contribution >= 4 is 26.9 Å². The molecule has 0 amide bonds. The zero-order chi connectivity index (χ0) is 12.9. The highest BCUT2D eigenvalue weighted by Crippen LogP contribution is 2.15. The van der Waals surface area contributed by atoms with Crippen LogP contribution in [-0.2, 0) is 11.0 Å². The molecule has 1 unspecified atom stereocenters. The van der Waals surface area contributed by atoms with Crippen LogP contribution in [0.1, 0.15) is 20.8 Å². The Kier molecular flexibility index (Phi) is 6.36. The smallest absolute Gasteiger partial charge is 0.120 e. The van der Waals surface area contributed by atoms with Crippen molar-refractivity contribution in [2.45, 2.75) is 25.5 Å². The minimum absolute atomic E-state index is 0.157. The van der Waals surface area contributed by atoms with Gasteiger partial charge in [0.05, 0.1) is 15.7 Å². The molecule has 0 fully saturated rings. The highest BCUT2D eigenvalue weighted by atomic mass is 79.9. The second-order valence-electron chi connectivity index (χ2n) is 4.22. The Balaban J connectivity index is 4.53. The molecule has 0 aliphatic carbocycles. The van der Waals surface area contributed by atoms with Crippen LogP contribution in [0, 0.1) is 0 Å². The van der Waals surface area contributed by atoms with Crippen molar-refractivity contribution in [1.29, 1.82) is 0 Å². The van der Waals surface area contributed by atoms with E-state index in [-0.39, 0.29) is 11.3 Å². The van der Waals surface area contributed by atoms with Gasteiger partial charge >= 0.3 is 0 Å². The molecule has 0 saturated heterocycles. The van der Waals surface area contributed by atoms with Crippen LogP contribution >= 0.6 is 15.9 Å². The molecule has 1 atom stereocenters. The first-order valence-corrected chi connectivity index (χ1v) is 6.64. The molecule has 0 spiro atoms. The standard InChI is InChI=1S/C11H17BrFNOS/c1-8(12)6-10(9(2)13)7-14-16(15)11(3,4)5/h6,14H,1-2,7H2,3-5H3/b10-6-. The van der Waals surface area contributed by atoms with Gasteiger partial charge in [-0.3, -0.25) is 0 Å². The normalized spacial score (nSPS) is 14.7. The molecule has 0 aromatic carbocycles. The Morgan fingerprint density at radius 2 is 2.00 bits per heavy atom. The van der Waals surface area contributed by atoms with Gasteiger partial charge in [-0.05, 0) is 26.8 Å². The van der Waals surface area contributed by atoms with Crippen molar-refractivity contribution in [2.75, 3.05) is 6.54 Å². The van der Waals surface area contributed by atoms with E-state index in [0.29, 0.717) is 10.1 Å². The van der Waals surface area contributed by atoms with Crippen LogP contribution in [0.4, 0.5) is 4.39 Å². The second kappa shape index (κ2) is 6.47. The third-order valence-electron chi connectivity index (χ3n) is 1.63. The van der Waals surface area contributed by atoms with Crippen LogP contribution in [0.3, 0.4) is 0 Å². The molecule has 0 rings (SSSR count). The van der Waals surface area contributed by atoms with E-state index in [0.717, 1.165) is 0 Å². The van der Waals surface area contributed by atoms with E-state index >= 15 is 0 Å². The zero-order valence-corrected chi connectivity index (χ0v) is 12.2. The molecule has 92 valence electrons. The number of hydrogen-bond acceptors (Lipinski definition) is 1. The molecule has 0 aromatic rings. The molecule has 0 radical (unpaired) electrons. The summed E-state index contributed by atoms with van der Waals surface area (Å²) in [5.41, 5.74) is 0.333. The van der Waals surface area contributed by atoms with Gasteiger partial charge in [0, 0.05) is 16.6 Å². The van der Waals surface area contributed by atoms with Gasteiger partial charge in [-0.25, -0.2) is 13.3 Å². The van der Waals surface area contributed by atoms with E-state index in [2.05, 4.69) is 33.8 Å². The largest absolute Gasteiger partial charge is 0.242 e. The van der Waals surface area contributed by atoms with E-state index in [1.807, 2.05) is 20.8 Å². The first-order chi connectivity index (χ1) is 7.14. The summed E-state index contributed by atoms with van der Waals surface area (Å²) < 4.78 is 27.6. The summed E-state index contributed by atoms with van der Waals surface area (Å²) in [6, 6.07) is 0. The molecule has 0 heterocycles. The molecule has 16 heavy (non-hydrogen) atoms. The van der Waals surface area contributed by atoms with Gasteiger partial charge in [0.1, 0.15) is 5.83 Å². The molecule has 0 aliphatic rings. The maximum absolute atomic E-state index is 13.0. The average Bonchev–Trinajstić information content (AvgIpc) is 2.08. The average molecular weight is 310 g/mol. The lowest BCUT2D eigenvalue weighted by atomic mass is 10.2. The van der Waals surface area contributed by atoms with Crippen molar-refractivity contribution in [3.8, 4) is 0 Å². The van der Waals surface area contributed by atoms with Crippen molar-refractivity contribution < 1.29 is 8.60 Å². The maximum Gasteiger partial charge on any atom is 0.120 e. The lowest BCUT2D eigenvalue weighted by Crippen LogP contribution is -2.34. The van der Waals surface area contributed by atoms with Crippen molar-refractivity contribution in [3.63, 3.8) is 0 Å². The predicted octanol–water partition coefficient (Wildman–Crippen LogP) is 3.36. The number of rotatable bonds is 5. The number of halogens is 2. The number of hydrogen-bond donors (Lipinski definition) is 1. The Morgan fingerprint density at radius 3 is 2.31 bits per heavy atom. The van der Waals surface area contributed by atoms with E-state index in [9.17, 15) is 8.60 Å². The monoisotopic (exact) mass is 309 g/mol. The molecule has 5 heteroatoms. The predicted molar refractivity (Wildman–Crippen MR) is 72.3 cm³/mol. The third kappa shape index (κ3) is 6.35. The first kappa shape index (κ1) is 15.7. The topological polar surface area (TPSA) is 29.1 Å². The summed E-state index contributed by atoms with van der Waals surface area (Å²) in [6.07, 6.45) is 1.51. The summed E-state index contributed by atoms with van der Waals surface area (Å²) in [5, 5.41) is 0. The van der Waals surface area contributed by atoms with Crippen LogP contribution in [0.25, 0.3) is 0 Å². The van der Waals surface area contributed by atoms with E-state index in [1.54, 1.807) is 0 Å². The lowest BCUT2D eigenvalue weighted by Gasteiger charge is -2.18. The SMILES string of the molecule is C=C(Br)/C=C(/CNS(=O)C(C)(C)C)C(=C)F. The van der Waals surface area contributed by atoms with Gasteiger partial charge in [0.25, 0.3) is 0 Å². The van der Waals surface area contributed by atoms with E-state index < -0.39 is 16.8 Å². The lowest BCUT2D eigenvalue weighted by molar-refractivity contribution is 0.629. The second-order valence-corrected chi connectivity index (χ2v) is 7.29. The van der Waals surface area contributed by atoms with Gasteiger partial charge in [0.15, 0.2) is 0 Å². The minimum Gasteiger partial charge on any atom is -0.242 e. The Morgan fingerprint density at radius 1 is 1.50 bits per heavy atom. The molecule has 0 aliphatic heterocycles.